The number of hydrogen-bond donors (Lipinski definition) is 1. The van der Waals surface area contributed by atoms with E-state index in [4.69, 9.17) is 4.74 Å². The molecule has 0 spiro atoms. The van der Waals surface area contributed by atoms with Gasteiger partial charge in [0.05, 0.1) is 29.8 Å². The van der Waals surface area contributed by atoms with E-state index in [2.05, 4.69) is 11.9 Å². The first-order chi connectivity index (χ1) is 9.82. The molecule has 0 atom stereocenters. The Bertz CT molecular complexity index is 576. The Morgan fingerprint density at radius 3 is 2.67 bits per heavy atom. The lowest BCUT2D eigenvalue weighted by Crippen LogP contribution is -2.28. The Kier molecular flexibility index (Phi) is 5.92. The Balaban J connectivity index is 2.64. The van der Waals surface area contributed by atoms with Crippen LogP contribution in [0.2, 0.25) is 0 Å². The largest absolute Gasteiger partial charge is 0.375 e. The zero-order valence-corrected chi connectivity index (χ0v) is 11.3. The normalized spacial score (nSPS) is 10.2. The van der Waals surface area contributed by atoms with Gasteiger partial charge < -0.3 is 10.1 Å². The maximum absolute atomic E-state index is 13.5. The van der Waals surface area contributed by atoms with Crippen LogP contribution >= 0.6 is 0 Å². The predicted octanol–water partition coefficient (Wildman–Crippen LogP) is 2.20. The van der Waals surface area contributed by atoms with Gasteiger partial charge in [-0.25, -0.2) is 4.39 Å². The number of carbonyl (C=O) groups is 1. The van der Waals surface area contributed by atoms with Gasteiger partial charge in [0.1, 0.15) is 5.82 Å². The van der Waals surface area contributed by atoms with Crippen LogP contribution in [0, 0.1) is 21.7 Å². The van der Waals surface area contributed by atoms with E-state index in [-0.39, 0.29) is 13.2 Å². The van der Waals surface area contributed by atoms with Crippen molar-refractivity contribution in [3.05, 3.63) is 51.6 Å². The van der Waals surface area contributed by atoms with Gasteiger partial charge in [0, 0.05) is 6.54 Å². The topological polar surface area (TPSA) is 81.5 Å². The maximum atomic E-state index is 13.5. The number of halogens is 2. The first-order valence-electron chi connectivity index (χ1n) is 5.96. The molecule has 0 bridgehead atoms. The van der Waals surface area contributed by atoms with Crippen LogP contribution in [0.15, 0.2) is 24.3 Å². The second-order valence-electron chi connectivity index (χ2n) is 4.31. The molecule has 0 fully saturated rings. The Labute approximate surface area is 119 Å². The van der Waals surface area contributed by atoms with Gasteiger partial charge in [-0.05, 0) is 13.0 Å². The fourth-order valence-electron chi connectivity index (χ4n) is 1.43. The van der Waals surface area contributed by atoms with Crippen molar-refractivity contribution in [1.29, 1.82) is 0 Å². The molecule has 1 N–H and O–H groups in total. The number of amides is 1. The van der Waals surface area contributed by atoms with Crippen LogP contribution < -0.4 is 5.32 Å². The number of nitro benzene ring substituents is 1. The van der Waals surface area contributed by atoms with Crippen LogP contribution in [-0.2, 0) is 4.74 Å². The molecule has 0 aliphatic rings. The third kappa shape index (κ3) is 4.92. The number of nitrogens with one attached hydrogen (secondary N) is 1. The van der Waals surface area contributed by atoms with Gasteiger partial charge in [-0.15, -0.1) is 0 Å². The summed E-state index contributed by atoms with van der Waals surface area (Å²) in [5, 5.41) is 12.7. The minimum atomic E-state index is -1.27. The molecule has 0 aliphatic heterocycles. The number of carbonyl (C=O) groups excluding carboxylic acids is 1. The number of nitrogens with zero attached hydrogens (tertiary/aromatic N) is 1. The number of hydrogen-bond acceptors (Lipinski definition) is 4. The van der Waals surface area contributed by atoms with Gasteiger partial charge in [0.25, 0.3) is 5.91 Å². The SMILES string of the molecule is C=C(C)COCCNC(=O)c1cc(F)c([N+](=O)[O-])cc1F. The molecule has 6 nitrogen and oxygen atoms in total. The maximum Gasteiger partial charge on any atom is 0.307 e. The van der Waals surface area contributed by atoms with E-state index >= 15 is 0 Å². The van der Waals surface area contributed by atoms with Crippen molar-refractivity contribution in [3.63, 3.8) is 0 Å². The highest BCUT2D eigenvalue weighted by Gasteiger charge is 2.21. The molecule has 0 aromatic heterocycles. The molecule has 0 saturated carbocycles. The van der Waals surface area contributed by atoms with Crippen molar-refractivity contribution >= 4 is 11.6 Å². The molecule has 1 rings (SSSR count). The zero-order valence-electron chi connectivity index (χ0n) is 11.3. The molecule has 0 radical (unpaired) electrons. The summed E-state index contributed by atoms with van der Waals surface area (Å²) < 4.78 is 32.0. The number of rotatable bonds is 7. The van der Waals surface area contributed by atoms with Crippen LogP contribution in [0.1, 0.15) is 17.3 Å². The molecular weight excluding hydrogens is 286 g/mol. The molecule has 114 valence electrons. The first kappa shape index (κ1) is 16.7. The molecule has 8 heteroatoms. The third-order valence-corrected chi connectivity index (χ3v) is 2.36. The molecule has 0 unspecified atom stereocenters. The standard InChI is InChI=1S/C13H14F2N2O4/c1-8(2)7-21-4-3-16-13(18)9-5-11(15)12(17(19)20)6-10(9)14/h5-6H,1,3-4,7H2,2H3,(H,16,18). The Morgan fingerprint density at radius 2 is 2.10 bits per heavy atom. The van der Waals surface area contributed by atoms with Crippen LogP contribution in [0.4, 0.5) is 14.5 Å². The highest BCUT2D eigenvalue weighted by atomic mass is 19.1. The van der Waals surface area contributed by atoms with Crippen molar-refractivity contribution in [1.82, 2.24) is 5.32 Å². The minimum absolute atomic E-state index is 0.0875. The summed E-state index contributed by atoms with van der Waals surface area (Å²) in [6, 6.07) is 0.874. The Morgan fingerprint density at radius 1 is 1.43 bits per heavy atom. The van der Waals surface area contributed by atoms with E-state index in [1.165, 1.54) is 0 Å². The summed E-state index contributed by atoms with van der Waals surface area (Å²) in [5.41, 5.74) is -0.809. The summed E-state index contributed by atoms with van der Waals surface area (Å²) in [6.07, 6.45) is 0. The van der Waals surface area contributed by atoms with Crippen LogP contribution in [0.5, 0.6) is 0 Å². The number of nitro groups is 1. The lowest BCUT2D eigenvalue weighted by molar-refractivity contribution is -0.387. The Hall–Kier alpha value is -2.35. The number of benzene rings is 1. The van der Waals surface area contributed by atoms with Crippen molar-refractivity contribution in [2.75, 3.05) is 19.8 Å². The third-order valence-electron chi connectivity index (χ3n) is 2.36. The summed E-state index contributed by atoms with van der Waals surface area (Å²) >= 11 is 0. The van der Waals surface area contributed by atoms with Crippen LogP contribution in [0.3, 0.4) is 0 Å². The molecular formula is C13H14F2N2O4. The predicted molar refractivity (Wildman–Crippen MR) is 71.0 cm³/mol. The van der Waals surface area contributed by atoms with Crippen LogP contribution in [0.25, 0.3) is 0 Å². The van der Waals surface area contributed by atoms with E-state index in [0.717, 1.165) is 5.57 Å². The first-order valence-corrected chi connectivity index (χ1v) is 5.96. The van der Waals surface area contributed by atoms with E-state index in [1.54, 1.807) is 6.92 Å². The zero-order chi connectivity index (χ0) is 16.0. The summed E-state index contributed by atoms with van der Waals surface area (Å²) in [6.45, 7) is 5.99. The highest BCUT2D eigenvalue weighted by Crippen LogP contribution is 2.21. The lowest BCUT2D eigenvalue weighted by atomic mass is 10.1. The van der Waals surface area contributed by atoms with Gasteiger partial charge in [0.15, 0.2) is 0 Å². The minimum Gasteiger partial charge on any atom is -0.375 e. The quantitative estimate of drug-likeness (QED) is 0.362. The van der Waals surface area contributed by atoms with Gasteiger partial charge in [0.2, 0.25) is 5.82 Å². The summed E-state index contributed by atoms with van der Waals surface area (Å²) in [7, 11) is 0. The smallest absolute Gasteiger partial charge is 0.307 e. The van der Waals surface area contributed by atoms with Gasteiger partial charge >= 0.3 is 5.69 Å². The lowest BCUT2D eigenvalue weighted by Gasteiger charge is -2.07. The van der Waals surface area contributed by atoms with Gasteiger partial charge in [-0.2, -0.15) is 4.39 Å². The van der Waals surface area contributed by atoms with Crippen molar-refractivity contribution < 1.29 is 23.2 Å². The summed E-state index contributed by atoms with van der Waals surface area (Å²) in [4.78, 5) is 21.0. The fourth-order valence-corrected chi connectivity index (χ4v) is 1.43. The molecule has 21 heavy (non-hydrogen) atoms. The monoisotopic (exact) mass is 300 g/mol. The fraction of sp³-hybridized carbons (Fsp3) is 0.308. The second kappa shape index (κ2) is 7.44. The van der Waals surface area contributed by atoms with E-state index < -0.39 is 33.7 Å². The molecule has 0 heterocycles. The summed E-state index contributed by atoms with van der Waals surface area (Å²) in [5.74, 6) is -3.31. The van der Waals surface area contributed by atoms with Crippen LogP contribution in [-0.4, -0.2) is 30.6 Å². The van der Waals surface area contributed by atoms with E-state index in [9.17, 15) is 23.7 Å². The molecule has 1 aromatic carbocycles. The molecule has 1 aromatic rings. The molecule has 0 aliphatic carbocycles. The second-order valence-corrected chi connectivity index (χ2v) is 4.31. The highest BCUT2D eigenvalue weighted by molar-refractivity contribution is 5.94. The van der Waals surface area contributed by atoms with E-state index in [1.807, 2.05) is 0 Å². The van der Waals surface area contributed by atoms with E-state index in [0.29, 0.717) is 18.7 Å². The average molecular weight is 300 g/mol. The van der Waals surface area contributed by atoms with Crippen molar-refractivity contribution in [2.45, 2.75) is 6.92 Å². The van der Waals surface area contributed by atoms with Gasteiger partial charge in [-0.3, -0.25) is 14.9 Å². The molecule has 0 saturated heterocycles. The van der Waals surface area contributed by atoms with Crippen molar-refractivity contribution in [3.8, 4) is 0 Å². The van der Waals surface area contributed by atoms with Crippen molar-refractivity contribution in [2.24, 2.45) is 0 Å². The average Bonchev–Trinajstić information content (AvgIpc) is 2.39. The number of ether oxygens (including phenoxy) is 1. The van der Waals surface area contributed by atoms with Gasteiger partial charge in [-0.1, -0.05) is 12.2 Å². The molecule has 1 amide bonds.